The first-order valence-corrected chi connectivity index (χ1v) is 5.16. The van der Waals surface area contributed by atoms with Gasteiger partial charge in [-0.15, -0.1) is 0 Å². The molecule has 0 radical (unpaired) electrons. The van der Waals surface area contributed by atoms with Crippen molar-refractivity contribution < 1.29 is 9.90 Å². The Bertz CT molecular complexity index is 141. The molecule has 0 heterocycles. The number of carbonyl (C=O) groups is 1. The summed E-state index contributed by atoms with van der Waals surface area (Å²) in [6.07, 6.45) is 0.110. The largest absolute Gasteiger partial charge is 0.392 e. The van der Waals surface area contributed by atoms with Gasteiger partial charge in [0.15, 0.2) is 5.12 Å². The van der Waals surface area contributed by atoms with Crippen LogP contribution in [-0.4, -0.2) is 28.6 Å². The third kappa shape index (κ3) is 4.09. The second-order valence-electron chi connectivity index (χ2n) is 2.72. The molecular formula is C8H17NO2S. The van der Waals surface area contributed by atoms with E-state index in [2.05, 4.69) is 0 Å². The van der Waals surface area contributed by atoms with Gasteiger partial charge in [0.05, 0.1) is 12.0 Å². The van der Waals surface area contributed by atoms with E-state index in [0.29, 0.717) is 18.7 Å². The molecule has 0 aromatic heterocycles. The lowest BCUT2D eigenvalue weighted by Crippen LogP contribution is -2.23. The van der Waals surface area contributed by atoms with Crippen LogP contribution >= 0.6 is 11.8 Å². The van der Waals surface area contributed by atoms with E-state index in [1.54, 1.807) is 6.92 Å². The van der Waals surface area contributed by atoms with Gasteiger partial charge in [0.25, 0.3) is 0 Å². The van der Waals surface area contributed by atoms with Gasteiger partial charge < -0.3 is 10.8 Å². The van der Waals surface area contributed by atoms with E-state index >= 15 is 0 Å². The summed E-state index contributed by atoms with van der Waals surface area (Å²) >= 11 is 1.20. The summed E-state index contributed by atoms with van der Waals surface area (Å²) < 4.78 is 0. The van der Waals surface area contributed by atoms with Gasteiger partial charge in [0, 0.05) is 12.3 Å². The highest BCUT2D eigenvalue weighted by Gasteiger charge is 2.19. The zero-order chi connectivity index (χ0) is 9.56. The highest BCUT2D eigenvalue weighted by molar-refractivity contribution is 8.13. The van der Waals surface area contributed by atoms with Crippen LogP contribution in [0.2, 0.25) is 0 Å². The summed E-state index contributed by atoms with van der Waals surface area (Å²) in [6.45, 7) is 4.12. The Balaban J connectivity index is 3.75. The predicted octanol–water partition coefficient (Wildman–Crippen LogP) is 0.612. The lowest BCUT2D eigenvalue weighted by atomic mass is 10.1. The summed E-state index contributed by atoms with van der Waals surface area (Å²) in [5, 5.41) is 9.37. The van der Waals surface area contributed by atoms with Gasteiger partial charge in [-0.1, -0.05) is 25.6 Å². The number of hydrogen-bond acceptors (Lipinski definition) is 4. The third-order valence-electron chi connectivity index (χ3n) is 1.73. The molecule has 3 nitrogen and oxygen atoms in total. The van der Waals surface area contributed by atoms with Gasteiger partial charge in [0.2, 0.25) is 0 Å². The number of nitrogens with two attached hydrogens (primary N) is 1. The van der Waals surface area contributed by atoms with Gasteiger partial charge in [-0.25, -0.2) is 0 Å². The summed E-state index contributed by atoms with van der Waals surface area (Å²) in [7, 11) is 0. The zero-order valence-electron chi connectivity index (χ0n) is 7.62. The first-order chi connectivity index (χ1) is 5.63. The molecule has 0 saturated heterocycles. The van der Waals surface area contributed by atoms with Crippen LogP contribution in [0.25, 0.3) is 0 Å². The monoisotopic (exact) mass is 192 g/mol. The molecule has 72 valence electrons. The molecule has 0 fully saturated rings. The molecular weight excluding hydrogens is 175 g/mol. The highest BCUT2D eigenvalue weighted by atomic mass is 32.2. The molecule has 0 bridgehead atoms. The molecule has 2 atom stereocenters. The molecule has 12 heavy (non-hydrogen) atoms. The van der Waals surface area contributed by atoms with Crippen molar-refractivity contribution in [1.29, 1.82) is 0 Å². The Morgan fingerprint density at radius 3 is 2.67 bits per heavy atom. The maximum atomic E-state index is 11.2. The maximum absolute atomic E-state index is 11.2. The van der Waals surface area contributed by atoms with Crippen LogP contribution in [0.3, 0.4) is 0 Å². The molecule has 0 rings (SSSR count). The van der Waals surface area contributed by atoms with Crippen molar-refractivity contribution in [2.45, 2.75) is 26.4 Å². The average molecular weight is 192 g/mol. The Hall–Kier alpha value is -0.0600. The molecule has 4 heteroatoms. The molecule has 0 aromatic rings. The van der Waals surface area contributed by atoms with E-state index in [9.17, 15) is 9.90 Å². The summed E-state index contributed by atoms with van der Waals surface area (Å²) in [5.74, 6) is 0.367. The number of thioether (sulfide) groups is 1. The number of hydrogen-bond donors (Lipinski definition) is 2. The number of aliphatic hydroxyl groups excluding tert-OH is 1. The van der Waals surface area contributed by atoms with Crippen molar-refractivity contribution in [3.8, 4) is 0 Å². The fourth-order valence-corrected chi connectivity index (χ4v) is 1.54. The minimum absolute atomic E-state index is 0.0369. The minimum Gasteiger partial charge on any atom is -0.392 e. The van der Waals surface area contributed by atoms with Crippen molar-refractivity contribution in [2.24, 2.45) is 11.7 Å². The van der Waals surface area contributed by atoms with Gasteiger partial charge in [-0.05, 0) is 6.42 Å². The van der Waals surface area contributed by atoms with Crippen LogP contribution in [0.5, 0.6) is 0 Å². The molecule has 0 saturated carbocycles. The Kier molecular flexibility index (Phi) is 6.42. The number of aliphatic hydroxyl groups is 1. The number of rotatable bonds is 5. The molecule has 0 aliphatic rings. The van der Waals surface area contributed by atoms with Crippen molar-refractivity contribution in [1.82, 2.24) is 0 Å². The van der Waals surface area contributed by atoms with E-state index in [-0.39, 0.29) is 11.0 Å². The first kappa shape index (κ1) is 11.9. The van der Waals surface area contributed by atoms with E-state index in [1.165, 1.54) is 11.8 Å². The van der Waals surface area contributed by atoms with Crippen LogP contribution in [0.1, 0.15) is 20.3 Å². The lowest BCUT2D eigenvalue weighted by Gasteiger charge is -2.14. The van der Waals surface area contributed by atoms with Crippen LogP contribution in [0.4, 0.5) is 0 Å². The minimum atomic E-state index is -0.511. The standard InChI is InChI=1S/C8H17NO2S/c1-3-7(10)6(2)8(11)12-5-4-9/h6-7,10H,3-5,9H2,1-2H3/t6-,7-/m1/s1/i2+1. The Morgan fingerprint density at radius 1 is 1.67 bits per heavy atom. The van der Waals surface area contributed by atoms with Gasteiger partial charge in [-0.2, -0.15) is 0 Å². The number of carbonyl (C=O) groups excluding carboxylic acids is 1. The fraction of sp³-hybridized carbons (Fsp3) is 0.875. The van der Waals surface area contributed by atoms with Crippen molar-refractivity contribution in [3.63, 3.8) is 0 Å². The van der Waals surface area contributed by atoms with Crippen molar-refractivity contribution in [3.05, 3.63) is 0 Å². The van der Waals surface area contributed by atoms with E-state index in [1.807, 2.05) is 6.92 Å². The van der Waals surface area contributed by atoms with Crippen molar-refractivity contribution in [2.75, 3.05) is 12.3 Å². The SMILES string of the molecule is CC[C@@H](O)[C@@H]([13CH3])C(=O)SCCN. The molecule has 0 aliphatic heterocycles. The smallest absolute Gasteiger partial charge is 0.194 e. The van der Waals surface area contributed by atoms with E-state index in [0.717, 1.165) is 0 Å². The van der Waals surface area contributed by atoms with Crippen LogP contribution in [0, 0.1) is 5.92 Å². The summed E-state index contributed by atoms with van der Waals surface area (Å²) in [4.78, 5) is 11.2. The normalized spacial score (nSPS) is 15.7. The molecule has 0 aromatic carbocycles. The van der Waals surface area contributed by atoms with Crippen LogP contribution < -0.4 is 5.73 Å². The van der Waals surface area contributed by atoms with Gasteiger partial charge in [-0.3, -0.25) is 4.79 Å². The molecule has 3 N–H and O–H groups in total. The molecule has 0 amide bonds. The van der Waals surface area contributed by atoms with Gasteiger partial charge in [0.1, 0.15) is 0 Å². The van der Waals surface area contributed by atoms with Crippen molar-refractivity contribution >= 4 is 16.9 Å². The Morgan fingerprint density at radius 2 is 2.25 bits per heavy atom. The van der Waals surface area contributed by atoms with E-state index in [4.69, 9.17) is 5.73 Å². The quantitative estimate of drug-likeness (QED) is 0.627. The second kappa shape index (κ2) is 6.46. The van der Waals surface area contributed by atoms with Crippen LogP contribution in [0.15, 0.2) is 0 Å². The summed E-state index contributed by atoms with van der Waals surface area (Å²) in [6, 6.07) is 0. The molecule has 0 unspecified atom stereocenters. The lowest BCUT2D eigenvalue weighted by molar-refractivity contribution is -0.116. The molecule has 0 aliphatic carbocycles. The third-order valence-corrected chi connectivity index (χ3v) is 2.83. The molecule has 0 spiro atoms. The fourth-order valence-electron chi connectivity index (χ4n) is 0.802. The zero-order valence-corrected chi connectivity index (χ0v) is 8.43. The van der Waals surface area contributed by atoms with Crippen LogP contribution in [-0.2, 0) is 4.79 Å². The highest BCUT2D eigenvalue weighted by Crippen LogP contribution is 2.15. The van der Waals surface area contributed by atoms with Gasteiger partial charge >= 0.3 is 0 Å². The summed E-state index contributed by atoms with van der Waals surface area (Å²) in [5.41, 5.74) is 5.25. The first-order valence-electron chi connectivity index (χ1n) is 4.18. The average Bonchev–Trinajstić information content (AvgIpc) is 2.11. The second-order valence-corrected chi connectivity index (χ2v) is 3.82. The van der Waals surface area contributed by atoms with E-state index < -0.39 is 6.10 Å². The topological polar surface area (TPSA) is 63.3 Å². The Labute approximate surface area is 77.7 Å². The maximum Gasteiger partial charge on any atom is 0.194 e. The predicted molar refractivity (Wildman–Crippen MR) is 52.0 cm³/mol.